The molecule has 0 saturated heterocycles. The minimum absolute atomic E-state index is 0.111. The molecule has 0 radical (unpaired) electrons. The number of para-hydroxylation sites is 1. The van der Waals surface area contributed by atoms with E-state index in [0.29, 0.717) is 0 Å². The number of hydrogen-bond acceptors (Lipinski definition) is 5. The first-order valence-corrected chi connectivity index (χ1v) is 6.48. The van der Waals surface area contributed by atoms with E-state index in [0.717, 1.165) is 4.90 Å². The fourth-order valence-electron chi connectivity index (χ4n) is 2.26. The molecule has 2 heterocycles. The fourth-order valence-corrected chi connectivity index (χ4v) is 2.26. The van der Waals surface area contributed by atoms with Crippen LogP contribution in [0.25, 0.3) is 0 Å². The van der Waals surface area contributed by atoms with Gasteiger partial charge in [-0.2, -0.15) is 8.78 Å². The normalized spacial score (nSPS) is 17.8. The van der Waals surface area contributed by atoms with Crippen LogP contribution in [0, 0.1) is 0 Å². The largest absolute Gasteiger partial charge is 0.483 e. The van der Waals surface area contributed by atoms with Crippen molar-refractivity contribution in [2.75, 3.05) is 4.90 Å². The summed E-state index contributed by atoms with van der Waals surface area (Å²) in [5.41, 5.74) is 0.301. The van der Waals surface area contributed by atoms with Gasteiger partial charge in [-0.1, -0.05) is 12.1 Å². The molecule has 0 aliphatic carbocycles. The van der Waals surface area contributed by atoms with Gasteiger partial charge in [-0.15, -0.1) is 0 Å². The number of ether oxygens (including phenoxy) is 1. The van der Waals surface area contributed by atoms with E-state index in [1.807, 2.05) is 0 Å². The number of aliphatic hydroxyl groups is 1. The van der Waals surface area contributed by atoms with Gasteiger partial charge in [-0.3, -0.25) is 9.69 Å². The maximum atomic E-state index is 13.9. The Labute approximate surface area is 123 Å². The fraction of sp³-hybridized carbons (Fsp3) is 0.286. The molecule has 0 spiro atoms. The Morgan fingerprint density at radius 3 is 2.86 bits per heavy atom. The molecule has 1 aliphatic heterocycles. The first kappa shape index (κ1) is 14.5. The Morgan fingerprint density at radius 2 is 2.23 bits per heavy atom. The van der Waals surface area contributed by atoms with Gasteiger partial charge in [0, 0.05) is 5.56 Å². The second-order valence-electron chi connectivity index (χ2n) is 4.81. The van der Waals surface area contributed by atoms with Crippen LogP contribution in [-0.2, 0) is 11.3 Å². The Hall–Kier alpha value is -2.48. The molecule has 1 N–H and O–H groups in total. The van der Waals surface area contributed by atoms with Crippen LogP contribution in [0.15, 0.2) is 35.1 Å². The monoisotopic (exact) mass is 310 g/mol. The molecule has 3 rings (SSSR count). The molecule has 2 aromatic rings. The lowest BCUT2D eigenvalue weighted by molar-refractivity contribution is -0.193. The number of halogens is 2. The quantitative estimate of drug-likeness (QED) is 0.941. The number of hydrogen-bond donors (Lipinski definition) is 1. The number of oxazole rings is 1. The number of aromatic nitrogens is 1. The molecule has 1 atom stereocenters. The van der Waals surface area contributed by atoms with Gasteiger partial charge in [0.05, 0.1) is 18.0 Å². The zero-order valence-electron chi connectivity index (χ0n) is 11.5. The minimum Gasteiger partial charge on any atom is -0.447 e. The van der Waals surface area contributed by atoms with Gasteiger partial charge in [-0.25, -0.2) is 4.98 Å². The highest BCUT2D eigenvalue weighted by molar-refractivity contribution is 6.01. The van der Waals surface area contributed by atoms with E-state index in [1.165, 1.54) is 31.5 Å². The van der Waals surface area contributed by atoms with E-state index in [9.17, 15) is 18.7 Å². The van der Waals surface area contributed by atoms with E-state index in [2.05, 4.69) is 9.72 Å². The first-order chi connectivity index (χ1) is 10.4. The third-order valence-electron chi connectivity index (χ3n) is 3.27. The molecule has 1 amide bonds. The van der Waals surface area contributed by atoms with E-state index in [1.54, 1.807) is 6.07 Å². The van der Waals surface area contributed by atoms with Gasteiger partial charge in [0.2, 0.25) is 5.89 Å². The summed E-state index contributed by atoms with van der Waals surface area (Å²) in [6.45, 7) is 1.16. The molecule has 8 heteroatoms. The maximum Gasteiger partial charge on any atom is 0.483 e. The van der Waals surface area contributed by atoms with Crippen molar-refractivity contribution in [3.8, 4) is 5.75 Å². The van der Waals surface area contributed by atoms with E-state index in [4.69, 9.17) is 4.42 Å². The van der Waals surface area contributed by atoms with Crippen LogP contribution < -0.4 is 9.64 Å². The van der Waals surface area contributed by atoms with Crippen LogP contribution >= 0.6 is 0 Å². The smallest absolute Gasteiger partial charge is 0.447 e. The average molecular weight is 310 g/mol. The van der Waals surface area contributed by atoms with Gasteiger partial charge < -0.3 is 14.3 Å². The van der Waals surface area contributed by atoms with E-state index < -0.39 is 18.1 Å². The highest BCUT2D eigenvalue weighted by Gasteiger charge is 2.51. The van der Waals surface area contributed by atoms with Crippen LogP contribution in [0.5, 0.6) is 5.75 Å². The third-order valence-corrected chi connectivity index (χ3v) is 3.27. The van der Waals surface area contributed by atoms with Crippen LogP contribution in [0.2, 0.25) is 0 Å². The van der Waals surface area contributed by atoms with Crippen molar-refractivity contribution in [2.24, 2.45) is 0 Å². The number of rotatable bonds is 3. The van der Waals surface area contributed by atoms with E-state index >= 15 is 0 Å². The summed E-state index contributed by atoms with van der Waals surface area (Å²) in [7, 11) is 0. The number of anilines is 1. The zero-order chi connectivity index (χ0) is 15.9. The molecule has 1 aromatic carbocycles. The topological polar surface area (TPSA) is 75.8 Å². The number of benzene rings is 1. The number of aliphatic hydroxyl groups excluding tert-OH is 1. The van der Waals surface area contributed by atoms with Crippen molar-refractivity contribution in [1.29, 1.82) is 0 Å². The van der Waals surface area contributed by atoms with Crippen molar-refractivity contribution in [2.45, 2.75) is 25.7 Å². The Morgan fingerprint density at radius 1 is 1.45 bits per heavy atom. The van der Waals surface area contributed by atoms with Crippen molar-refractivity contribution < 1.29 is 27.8 Å². The van der Waals surface area contributed by atoms with Crippen molar-refractivity contribution in [1.82, 2.24) is 4.98 Å². The summed E-state index contributed by atoms with van der Waals surface area (Å²) in [6.07, 6.45) is -2.41. The van der Waals surface area contributed by atoms with Crippen molar-refractivity contribution in [3.05, 3.63) is 42.1 Å². The van der Waals surface area contributed by atoms with Crippen LogP contribution in [0.3, 0.4) is 0 Å². The molecule has 1 aliphatic rings. The Balaban J connectivity index is 2.10. The first-order valence-electron chi connectivity index (χ1n) is 6.48. The molecule has 0 fully saturated rings. The Bertz CT molecular complexity index is 701. The number of alkyl halides is 2. The van der Waals surface area contributed by atoms with Crippen molar-refractivity contribution >= 4 is 11.6 Å². The zero-order valence-corrected chi connectivity index (χ0v) is 11.5. The van der Waals surface area contributed by atoms with Crippen LogP contribution in [0.1, 0.15) is 24.5 Å². The lowest BCUT2D eigenvalue weighted by Crippen LogP contribution is -2.50. The minimum atomic E-state index is -4.02. The third kappa shape index (κ3) is 2.31. The molecule has 0 bridgehead atoms. The summed E-state index contributed by atoms with van der Waals surface area (Å²) >= 11 is 0. The van der Waals surface area contributed by atoms with Crippen LogP contribution in [-0.4, -0.2) is 22.1 Å². The maximum absolute atomic E-state index is 13.9. The van der Waals surface area contributed by atoms with Gasteiger partial charge in [-0.05, 0) is 13.0 Å². The predicted molar refractivity (Wildman–Crippen MR) is 70.3 cm³/mol. The molecule has 22 heavy (non-hydrogen) atoms. The van der Waals surface area contributed by atoms with Gasteiger partial charge >= 0.3 is 12.0 Å². The predicted octanol–water partition coefficient (Wildman–Crippen LogP) is 2.25. The number of nitrogens with zero attached hydrogens (tertiary/aromatic N) is 2. The van der Waals surface area contributed by atoms with E-state index in [-0.39, 0.29) is 29.4 Å². The lowest BCUT2D eigenvalue weighted by Gasteiger charge is -2.34. The summed E-state index contributed by atoms with van der Waals surface area (Å²) in [5.74, 6) is -1.63. The number of carbonyl (C=O) groups is 1. The second-order valence-corrected chi connectivity index (χ2v) is 4.81. The Kier molecular flexibility index (Phi) is 3.32. The molecular formula is C14H12F2N2O4. The molecule has 116 valence electrons. The average Bonchev–Trinajstić information content (AvgIpc) is 2.96. The summed E-state index contributed by atoms with van der Waals surface area (Å²) < 4.78 is 37.2. The summed E-state index contributed by atoms with van der Waals surface area (Å²) in [5, 5.41) is 9.70. The van der Waals surface area contributed by atoms with Gasteiger partial charge in [0.15, 0.2) is 5.75 Å². The highest BCUT2D eigenvalue weighted by Crippen LogP contribution is 2.43. The summed E-state index contributed by atoms with van der Waals surface area (Å²) in [4.78, 5) is 16.6. The number of amides is 1. The number of carbonyl (C=O) groups excluding carboxylic acids is 1. The van der Waals surface area contributed by atoms with Gasteiger partial charge in [0.25, 0.3) is 0 Å². The molecule has 0 saturated carbocycles. The molecule has 6 nitrogen and oxygen atoms in total. The standard InChI is InChI=1S/C14H12F2N2O4/c1-8(19)9-3-2-4-10-12(9)22-14(15,16)13(20)18(10)7-11-17-5-6-21-11/h2-6,8,19H,7H2,1H3. The van der Waals surface area contributed by atoms with Crippen LogP contribution in [0.4, 0.5) is 14.5 Å². The molecule has 1 unspecified atom stereocenters. The SMILES string of the molecule is CC(O)c1cccc2c1OC(F)(F)C(=O)N2Cc1ncco1. The van der Waals surface area contributed by atoms with Gasteiger partial charge in [0.1, 0.15) is 12.8 Å². The molecular weight excluding hydrogens is 298 g/mol. The molecule has 1 aromatic heterocycles. The highest BCUT2D eigenvalue weighted by atomic mass is 19.3. The second kappa shape index (κ2) is 5.06. The van der Waals surface area contributed by atoms with Crippen molar-refractivity contribution in [3.63, 3.8) is 0 Å². The number of fused-ring (bicyclic) bond motifs is 1. The summed E-state index contributed by atoms with van der Waals surface area (Å²) in [6, 6.07) is 4.46. The lowest BCUT2D eigenvalue weighted by atomic mass is 10.1.